The molecule has 1 heterocycles. The molecule has 0 bridgehead atoms. The number of halogens is 2. The van der Waals surface area contributed by atoms with Gasteiger partial charge < -0.3 is 5.32 Å². The molecule has 0 fully saturated rings. The summed E-state index contributed by atoms with van der Waals surface area (Å²) in [4.78, 5) is 19.5. The Morgan fingerprint density at radius 1 is 1.47 bits per heavy atom. The van der Waals surface area contributed by atoms with E-state index in [2.05, 4.69) is 21.2 Å². The second-order valence-electron chi connectivity index (χ2n) is 3.78. The molecular formula is C13H9Cl2N3O. The van der Waals surface area contributed by atoms with E-state index in [1.165, 1.54) is 6.20 Å². The molecule has 0 atom stereocenters. The molecule has 4 nitrogen and oxygen atoms in total. The first-order valence-corrected chi connectivity index (χ1v) is 6.23. The van der Waals surface area contributed by atoms with Gasteiger partial charge in [-0.3, -0.25) is 4.79 Å². The number of terminal acetylenes is 1. The lowest BCUT2D eigenvalue weighted by Gasteiger charge is -2.13. The van der Waals surface area contributed by atoms with Crippen molar-refractivity contribution < 1.29 is 4.79 Å². The minimum Gasteiger partial charge on any atom is -0.321 e. The molecule has 1 aromatic heterocycles. The van der Waals surface area contributed by atoms with Gasteiger partial charge in [-0.15, -0.1) is 6.42 Å². The first kappa shape index (κ1) is 13.6. The van der Waals surface area contributed by atoms with Gasteiger partial charge in [0.2, 0.25) is 5.28 Å². The van der Waals surface area contributed by atoms with Crippen molar-refractivity contribution in [1.82, 2.24) is 15.3 Å². The summed E-state index contributed by atoms with van der Waals surface area (Å²) in [6.45, 7) is 0. The van der Waals surface area contributed by atoms with Gasteiger partial charge in [-0.05, 0) is 30.5 Å². The van der Waals surface area contributed by atoms with E-state index >= 15 is 0 Å². The summed E-state index contributed by atoms with van der Waals surface area (Å²) in [7, 11) is 0. The van der Waals surface area contributed by atoms with E-state index in [1.807, 2.05) is 6.08 Å². The normalized spacial score (nSPS) is 14.2. The Bertz CT molecular complexity index is 629. The lowest BCUT2D eigenvalue weighted by atomic mass is 10.0. The fourth-order valence-electron chi connectivity index (χ4n) is 1.61. The number of nitrogens with one attached hydrogen (secondary N) is 1. The predicted octanol–water partition coefficient (Wildman–Crippen LogP) is 2.75. The van der Waals surface area contributed by atoms with Crippen molar-refractivity contribution in [3.63, 3.8) is 0 Å². The standard InChI is InChI=1S/C13H9Cl2N3O/c1-2-8-5-3-4-6-10(8)17-12(19)9-7-16-13(15)18-11(9)14/h1,4,6-7H,3,5H2,(H,17,19). The Balaban J connectivity index is 2.24. The Kier molecular flexibility index (Phi) is 4.20. The van der Waals surface area contributed by atoms with Gasteiger partial charge in [0.1, 0.15) is 5.15 Å². The van der Waals surface area contributed by atoms with Crippen molar-refractivity contribution in [2.45, 2.75) is 12.8 Å². The van der Waals surface area contributed by atoms with Crippen molar-refractivity contribution in [3.8, 4) is 12.3 Å². The van der Waals surface area contributed by atoms with Crippen LogP contribution in [0.1, 0.15) is 23.2 Å². The summed E-state index contributed by atoms with van der Waals surface area (Å²) in [5.74, 6) is 2.14. The van der Waals surface area contributed by atoms with Gasteiger partial charge in [0.05, 0.1) is 11.3 Å². The van der Waals surface area contributed by atoms with Crippen LogP contribution in [-0.4, -0.2) is 15.9 Å². The van der Waals surface area contributed by atoms with Crippen LogP contribution in [-0.2, 0) is 0 Å². The summed E-state index contributed by atoms with van der Waals surface area (Å²) in [5.41, 5.74) is 1.50. The van der Waals surface area contributed by atoms with Crippen molar-refractivity contribution in [1.29, 1.82) is 0 Å². The number of carbonyl (C=O) groups is 1. The second kappa shape index (κ2) is 5.87. The van der Waals surface area contributed by atoms with E-state index in [1.54, 1.807) is 6.08 Å². The summed E-state index contributed by atoms with van der Waals surface area (Å²) in [6, 6.07) is 0. The number of allylic oxidation sites excluding steroid dienone is 3. The first-order valence-electron chi connectivity index (χ1n) is 5.47. The molecule has 19 heavy (non-hydrogen) atoms. The van der Waals surface area contributed by atoms with Crippen LogP contribution in [0.5, 0.6) is 0 Å². The van der Waals surface area contributed by atoms with E-state index in [-0.39, 0.29) is 16.0 Å². The van der Waals surface area contributed by atoms with Crippen LogP contribution in [0.25, 0.3) is 0 Å². The zero-order valence-electron chi connectivity index (χ0n) is 9.78. The molecule has 1 aromatic rings. The molecule has 1 amide bonds. The molecule has 0 saturated heterocycles. The molecule has 96 valence electrons. The van der Waals surface area contributed by atoms with Gasteiger partial charge in [0.25, 0.3) is 5.91 Å². The maximum absolute atomic E-state index is 12.1. The van der Waals surface area contributed by atoms with Gasteiger partial charge in [0, 0.05) is 11.8 Å². The van der Waals surface area contributed by atoms with Crippen LogP contribution in [0, 0.1) is 12.3 Å². The monoisotopic (exact) mass is 293 g/mol. The van der Waals surface area contributed by atoms with Gasteiger partial charge in [-0.2, -0.15) is 0 Å². The zero-order chi connectivity index (χ0) is 13.8. The number of nitrogens with zero attached hydrogens (tertiary/aromatic N) is 2. The molecule has 0 aromatic carbocycles. The van der Waals surface area contributed by atoms with Crippen LogP contribution in [0.2, 0.25) is 10.4 Å². The van der Waals surface area contributed by atoms with Crippen LogP contribution >= 0.6 is 23.2 Å². The third-order valence-electron chi connectivity index (χ3n) is 2.55. The highest BCUT2D eigenvalue weighted by molar-refractivity contribution is 6.34. The predicted molar refractivity (Wildman–Crippen MR) is 73.8 cm³/mol. The SMILES string of the molecule is C#CC1=C(NC(=O)c2cnc(Cl)nc2Cl)C=CCC1. The van der Waals surface area contributed by atoms with E-state index in [4.69, 9.17) is 29.6 Å². The smallest absolute Gasteiger partial charge is 0.260 e. The van der Waals surface area contributed by atoms with Gasteiger partial charge in [-0.25, -0.2) is 9.97 Å². The molecule has 0 saturated carbocycles. The Morgan fingerprint density at radius 2 is 2.26 bits per heavy atom. The van der Waals surface area contributed by atoms with E-state index in [9.17, 15) is 4.79 Å². The van der Waals surface area contributed by atoms with Crippen molar-refractivity contribution in [3.05, 3.63) is 45.6 Å². The van der Waals surface area contributed by atoms with Crippen molar-refractivity contribution >= 4 is 29.1 Å². The maximum Gasteiger partial charge on any atom is 0.260 e. The Labute approximate surface area is 120 Å². The number of rotatable bonds is 2. The Hall–Kier alpha value is -1.83. The molecule has 2 rings (SSSR count). The number of carbonyl (C=O) groups excluding carboxylic acids is 1. The summed E-state index contributed by atoms with van der Waals surface area (Å²) in [5, 5.41) is 2.69. The van der Waals surface area contributed by atoms with Gasteiger partial charge >= 0.3 is 0 Å². The minimum atomic E-state index is -0.420. The molecule has 0 aliphatic heterocycles. The minimum absolute atomic E-state index is 0.000136. The van der Waals surface area contributed by atoms with E-state index < -0.39 is 5.91 Å². The molecular weight excluding hydrogens is 285 g/mol. The molecule has 6 heteroatoms. The third-order valence-corrected chi connectivity index (χ3v) is 3.02. The summed E-state index contributed by atoms with van der Waals surface area (Å²) >= 11 is 11.4. The van der Waals surface area contributed by atoms with Crippen LogP contribution in [0.3, 0.4) is 0 Å². The quantitative estimate of drug-likeness (QED) is 0.518. The highest BCUT2D eigenvalue weighted by Crippen LogP contribution is 2.18. The number of amides is 1. The van der Waals surface area contributed by atoms with E-state index in [0.29, 0.717) is 5.70 Å². The van der Waals surface area contributed by atoms with Crippen LogP contribution < -0.4 is 5.32 Å². The fourth-order valence-corrected chi connectivity index (χ4v) is 2.01. The number of aromatic nitrogens is 2. The van der Waals surface area contributed by atoms with Crippen molar-refractivity contribution in [2.75, 3.05) is 0 Å². The summed E-state index contributed by atoms with van der Waals surface area (Å²) in [6.07, 6.45) is 12.0. The van der Waals surface area contributed by atoms with Crippen LogP contribution in [0.4, 0.5) is 0 Å². The first-order chi connectivity index (χ1) is 9.11. The topological polar surface area (TPSA) is 54.9 Å². The lowest BCUT2D eigenvalue weighted by Crippen LogP contribution is -2.24. The maximum atomic E-state index is 12.1. The molecule has 1 N–H and O–H groups in total. The zero-order valence-corrected chi connectivity index (χ0v) is 11.3. The average molecular weight is 294 g/mol. The molecule has 0 unspecified atom stereocenters. The largest absolute Gasteiger partial charge is 0.321 e. The number of hydrogen-bond acceptors (Lipinski definition) is 3. The fraction of sp³-hybridized carbons (Fsp3) is 0.154. The molecule has 0 radical (unpaired) electrons. The molecule has 1 aliphatic rings. The average Bonchev–Trinajstić information content (AvgIpc) is 2.39. The number of hydrogen-bond donors (Lipinski definition) is 1. The Morgan fingerprint density at radius 3 is 2.95 bits per heavy atom. The van der Waals surface area contributed by atoms with Crippen LogP contribution in [0.15, 0.2) is 29.6 Å². The highest BCUT2D eigenvalue weighted by atomic mass is 35.5. The molecule has 0 spiro atoms. The van der Waals surface area contributed by atoms with Gasteiger partial charge in [-0.1, -0.05) is 23.6 Å². The van der Waals surface area contributed by atoms with Gasteiger partial charge in [0.15, 0.2) is 0 Å². The second-order valence-corrected chi connectivity index (χ2v) is 4.47. The highest BCUT2D eigenvalue weighted by Gasteiger charge is 2.15. The van der Waals surface area contributed by atoms with E-state index in [0.717, 1.165) is 18.4 Å². The summed E-state index contributed by atoms with van der Waals surface area (Å²) < 4.78 is 0. The molecule has 1 aliphatic carbocycles. The lowest BCUT2D eigenvalue weighted by molar-refractivity contribution is 0.0966. The van der Waals surface area contributed by atoms with Crippen molar-refractivity contribution in [2.24, 2.45) is 0 Å². The third kappa shape index (κ3) is 3.14.